The first kappa shape index (κ1) is 18.9. The van der Waals surface area contributed by atoms with Gasteiger partial charge in [0.1, 0.15) is 12.1 Å². The van der Waals surface area contributed by atoms with Gasteiger partial charge in [-0.05, 0) is 24.0 Å². The lowest BCUT2D eigenvalue weighted by Crippen LogP contribution is -2.40. The molecule has 29 heavy (non-hydrogen) atoms. The molecule has 0 radical (unpaired) electrons. The first-order valence-electron chi connectivity index (χ1n) is 9.63. The van der Waals surface area contributed by atoms with Crippen molar-refractivity contribution in [3.8, 4) is 11.3 Å². The number of hydrogen-bond acceptors (Lipinski definition) is 4. The second kappa shape index (κ2) is 7.20. The van der Waals surface area contributed by atoms with Gasteiger partial charge in [0.2, 0.25) is 5.89 Å². The number of hydrogen-bond donors (Lipinski definition) is 1. The quantitative estimate of drug-likeness (QED) is 0.655. The fourth-order valence-corrected chi connectivity index (χ4v) is 3.49. The summed E-state index contributed by atoms with van der Waals surface area (Å²) < 4.78 is 5.76. The van der Waals surface area contributed by atoms with Crippen molar-refractivity contribution < 1.29 is 14.0 Å². The van der Waals surface area contributed by atoms with Crippen LogP contribution < -0.4 is 5.32 Å². The zero-order valence-electron chi connectivity index (χ0n) is 16.7. The van der Waals surface area contributed by atoms with Crippen molar-refractivity contribution in [2.45, 2.75) is 38.8 Å². The van der Waals surface area contributed by atoms with E-state index in [0.717, 1.165) is 16.0 Å². The third-order valence-corrected chi connectivity index (χ3v) is 5.33. The van der Waals surface area contributed by atoms with Crippen LogP contribution in [-0.4, -0.2) is 21.8 Å². The maximum atomic E-state index is 13.1. The number of carbonyl (C=O) groups is 2. The highest BCUT2D eigenvalue weighted by molar-refractivity contribution is 6.07. The van der Waals surface area contributed by atoms with Crippen LogP contribution in [0.2, 0.25) is 0 Å². The Balaban J connectivity index is 1.55. The van der Waals surface area contributed by atoms with E-state index >= 15 is 0 Å². The van der Waals surface area contributed by atoms with Gasteiger partial charge in [-0.3, -0.25) is 9.69 Å². The highest BCUT2D eigenvalue weighted by atomic mass is 16.4. The van der Waals surface area contributed by atoms with Crippen LogP contribution in [0, 0.1) is 0 Å². The van der Waals surface area contributed by atoms with Crippen molar-refractivity contribution in [1.29, 1.82) is 0 Å². The van der Waals surface area contributed by atoms with E-state index in [1.165, 1.54) is 5.56 Å². The Kier molecular flexibility index (Phi) is 4.70. The lowest BCUT2D eigenvalue weighted by molar-refractivity contribution is -0.131. The van der Waals surface area contributed by atoms with Crippen LogP contribution >= 0.6 is 0 Å². The van der Waals surface area contributed by atoms with Crippen LogP contribution in [0.15, 0.2) is 65.2 Å². The van der Waals surface area contributed by atoms with Gasteiger partial charge in [-0.2, -0.15) is 0 Å². The van der Waals surface area contributed by atoms with Crippen LogP contribution in [0.25, 0.3) is 11.3 Å². The first-order chi connectivity index (χ1) is 13.9. The molecule has 2 aromatic carbocycles. The third kappa shape index (κ3) is 3.42. The van der Waals surface area contributed by atoms with Crippen LogP contribution in [0.4, 0.5) is 4.79 Å². The molecular formula is C23H23N3O3. The van der Waals surface area contributed by atoms with E-state index < -0.39 is 11.6 Å². The summed E-state index contributed by atoms with van der Waals surface area (Å²) >= 11 is 0. The standard InChI is InChI=1S/C23H23N3O3/c1-15(2)16-9-11-18(12-10-16)23(3)21(27)26(22(28)25-23)14-20-24-13-19(29-20)17-7-5-4-6-8-17/h4-13,15H,14H2,1-3H3,(H,25,28). The second-order valence-corrected chi connectivity index (χ2v) is 7.71. The minimum absolute atomic E-state index is 0.0167. The van der Waals surface area contributed by atoms with Gasteiger partial charge in [-0.1, -0.05) is 68.4 Å². The molecule has 148 valence electrons. The molecule has 1 saturated heterocycles. The summed E-state index contributed by atoms with van der Waals surface area (Å²) in [5, 5.41) is 2.82. The molecular weight excluding hydrogens is 366 g/mol. The highest BCUT2D eigenvalue weighted by Gasteiger charge is 2.49. The molecule has 0 saturated carbocycles. The Bertz CT molecular complexity index is 1040. The Morgan fingerprint density at radius 3 is 2.41 bits per heavy atom. The van der Waals surface area contributed by atoms with E-state index in [4.69, 9.17) is 4.42 Å². The molecule has 0 aliphatic carbocycles. The number of carbonyl (C=O) groups excluding carboxylic acids is 2. The number of urea groups is 1. The average Bonchev–Trinajstić information content (AvgIpc) is 3.28. The van der Waals surface area contributed by atoms with Crippen LogP contribution in [0.3, 0.4) is 0 Å². The van der Waals surface area contributed by atoms with Gasteiger partial charge in [0, 0.05) is 5.56 Å². The zero-order chi connectivity index (χ0) is 20.6. The van der Waals surface area contributed by atoms with Gasteiger partial charge in [0.15, 0.2) is 5.76 Å². The molecule has 6 heteroatoms. The maximum absolute atomic E-state index is 13.1. The van der Waals surface area contributed by atoms with Crippen molar-refractivity contribution in [1.82, 2.24) is 15.2 Å². The number of nitrogens with zero attached hydrogens (tertiary/aromatic N) is 2. The number of oxazole rings is 1. The number of benzene rings is 2. The van der Waals surface area contributed by atoms with Gasteiger partial charge in [-0.15, -0.1) is 0 Å². The zero-order valence-corrected chi connectivity index (χ0v) is 16.7. The molecule has 0 spiro atoms. The number of amides is 3. The smallest absolute Gasteiger partial charge is 0.325 e. The molecule has 1 atom stereocenters. The van der Waals surface area contributed by atoms with Crippen molar-refractivity contribution in [3.63, 3.8) is 0 Å². The number of rotatable bonds is 5. The molecule has 4 rings (SSSR count). The van der Waals surface area contributed by atoms with Gasteiger partial charge < -0.3 is 9.73 Å². The fraction of sp³-hybridized carbons (Fsp3) is 0.261. The molecule has 1 aromatic heterocycles. The topological polar surface area (TPSA) is 75.4 Å². The van der Waals surface area contributed by atoms with Gasteiger partial charge in [0.25, 0.3) is 5.91 Å². The minimum atomic E-state index is -1.11. The SMILES string of the molecule is CC(C)c1ccc(C2(C)NC(=O)N(Cc3ncc(-c4ccccc4)o3)C2=O)cc1. The molecule has 6 nitrogen and oxygen atoms in total. The highest BCUT2D eigenvalue weighted by Crippen LogP contribution is 2.31. The minimum Gasteiger partial charge on any atom is -0.439 e. The third-order valence-electron chi connectivity index (χ3n) is 5.33. The number of imide groups is 1. The molecule has 1 aliphatic heterocycles. The van der Waals surface area contributed by atoms with E-state index in [9.17, 15) is 9.59 Å². The van der Waals surface area contributed by atoms with E-state index in [1.807, 2.05) is 54.6 Å². The Morgan fingerprint density at radius 2 is 1.76 bits per heavy atom. The first-order valence-corrected chi connectivity index (χ1v) is 9.63. The normalized spacial score (nSPS) is 19.1. The molecule has 1 N–H and O–H groups in total. The summed E-state index contributed by atoms with van der Waals surface area (Å²) in [7, 11) is 0. The van der Waals surface area contributed by atoms with Crippen LogP contribution in [0.1, 0.15) is 43.7 Å². The summed E-state index contributed by atoms with van der Waals surface area (Å²) in [5.74, 6) is 0.983. The molecule has 1 fully saturated rings. The van der Waals surface area contributed by atoms with Crippen molar-refractivity contribution in [2.24, 2.45) is 0 Å². The van der Waals surface area contributed by atoms with Crippen molar-refractivity contribution >= 4 is 11.9 Å². The maximum Gasteiger partial charge on any atom is 0.325 e. The lowest BCUT2D eigenvalue weighted by atomic mass is 9.90. The van der Waals surface area contributed by atoms with Crippen LogP contribution in [-0.2, 0) is 16.9 Å². The predicted molar refractivity (Wildman–Crippen MR) is 109 cm³/mol. The molecule has 3 amide bonds. The summed E-state index contributed by atoms with van der Waals surface area (Å²) in [6.45, 7) is 5.93. The predicted octanol–water partition coefficient (Wildman–Crippen LogP) is 4.43. The molecule has 0 bridgehead atoms. The summed E-state index contributed by atoms with van der Waals surface area (Å²) in [4.78, 5) is 31.1. The number of aromatic nitrogens is 1. The van der Waals surface area contributed by atoms with E-state index in [0.29, 0.717) is 17.6 Å². The molecule has 2 heterocycles. The van der Waals surface area contributed by atoms with Crippen molar-refractivity contribution in [2.75, 3.05) is 0 Å². The van der Waals surface area contributed by atoms with Crippen LogP contribution in [0.5, 0.6) is 0 Å². The summed E-state index contributed by atoms with van der Waals surface area (Å²) in [6, 6.07) is 16.9. The van der Waals surface area contributed by atoms with Crippen molar-refractivity contribution in [3.05, 3.63) is 77.8 Å². The average molecular weight is 389 g/mol. The Hall–Kier alpha value is -3.41. The largest absolute Gasteiger partial charge is 0.439 e. The van der Waals surface area contributed by atoms with Gasteiger partial charge in [-0.25, -0.2) is 9.78 Å². The lowest BCUT2D eigenvalue weighted by Gasteiger charge is -2.22. The summed E-state index contributed by atoms with van der Waals surface area (Å²) in [6.07, 6.45) is 1.60. The summed E-state index contributed by atoms with van der Waals surface area (Å²) in [5.41, 5.74) is 1.71. The molecule has 1 aliphatic rings. The fourth-order valence-electron chi connectivity index (χ4n) is 3.49. The monoisotopic (exact) mass is 389 g/mol. The van der Waals surface area contributed by atoms with E-state index in [-0.39, 0.29) is 12.5 Å². The van der Waals surface area contributed by atoms with E-state index in [1.54, 1.807) is 13.1 Å². The molecule has 3 aromatic rings. The van der Waals surface area contributed by atoms with Gasteiger partial charge in [0.05, 0.1) is 6.20 Å². The van der Waals surface area contributed by atoms with E-state index in [2.05, 4.69) is 24.1 Å². The van der Waals surface area contributed by atoms with Gasteiger partial charge >= 0.3 is 6.03 Å². The Morgan fingerprint density at radius 1 is 1.07 bits per heavy atom. The molecule has 1 unspecified atom stereocenters. The number of nitrogens with one attached hydrogen (secondary N) is 1. The second-order valence-electron chi connectivity index (χ2n) is 7.71. The Labute approximate surface area is 169 Å².